The smallest absolute Gasteiger partial charge is 0.232 e. The SMILES string of the molecule is Cc1cc(C)c2c(CC(=O)Nc3nc(CN(C)C)cs3)noc2c1. The van der Waals surface area contributed by atoms with E-state index < -0.39 is 0 Å². The molecule has 126 valence electrons. The third-order valence-corrected chi connectivity index (χ3v) is 4.40. The number of hydrogen-bond acceptors (Lipinski definition) is 6. The Morgan fingerprint density at radius 2 is 2.12 bits per heavy atom. The Labute approximate surface area is 144 Å². The Morgan fingerprint density at radius 3 is 2.88 bits per heavy atom. The van der Waals surface area contributed by atoms with Gasteiger partial charge < -0.3 is 14.7 Å². The number of anilines is 1. The van der Waals surface area contributed by atoms with Gasteiger partial charge in [0.1, 0.15) is 5.69 Å². The number of nitrogens with zero attached hydrogens (tertiary/aromatic N) is 3. The number of thiazole rings is 1. The van der Waals surface area contributed by atoms with Crippen LogP contribution in [0.3, 0.4) is 0 Å². The number of benzene rings is 1. The van der Waals surface area contributed by atoms with Gasteiger partial charge in [-0.2, -0.15) is 0 Å². The highest BCUT2D eigenvalue weighted by Crippen LogP contribution is 2.25. The number of aromatic nitrogens is 2. The summed E-state index contributed by atoms with van der Waals surface area (Å²) in [6, 6.07) is 4.00. The second kappa shape index (κ2) is 6.70. The molecular formula is C17H20N4O2S. The maximum Gasteiger partial charge on any atom is 0.232 e. The molecule has 0 atom stereocenters. The predicted octanol–water partition coefficient (Wildman–Crippen LogP) is 3.14. The second-order valence-corrected chi connectivity index (χ2v) is 7.05. The van der Waals surface area contributed by atoms with Gasteiger partial charge in [-0.1, -0.05) is 11.2 Å². The number of amides is 1. The molecular weight excluding hydrogens is 324 g/mol. The van der Waals surface area contributed by atoms with Gasteiger partial charge >= 0.3 is 0 Å². The summed E-state index contributed by atoms with van der Waals surface area (Å²) in [4.78, 5) is 18.7. The van der Waals surface area contributed by atoms with Crippen molar-refractivity contribution in [1.82, 2.24) is 15.0 Å². The van der Waals surface area contributed by atoms with Gasteiger partial charge in [0.25, 0.3) is 0 Å². The largest absolute Gasteiger partial charge is 0.356 e. The highest BCUT2D eigenvalue weighted by molar-refractivity contribution is 7.13. The van der Waals surface area contributed by atoms with Gasteiger partial charge in [-0.15, -0.1) is 11.3 Å². The van der Waals surface area contributed by atoms with Crippen LogP contribution in [0.25, 0.3) is 11.0 Å². The molecule has 3 aromatic rings. The van der Waals surface area contributed by atoms with E-state index >= 15 is 0 Å². The van der Waals surface area contributed by atoms with Gasteiger partial charge in [-0.3, -0.25) is 4.79 Å². The number of nitrogens with one attached hydrogen (secondary N) is 1. The van der Waals surface area contributed by atoms with E-state index in [1.165, 1.54) is 11.3 Å². The molecule has 0 unspecified atom stereocenters. The summed E-state index contributed by atoms with van der Waals surface area (Å²) < 4.78 is 5.36. The molecule has 0 saturated heterocycles. The van der Waals surface area contributed by atoms with E-state index in [1.807, 2.05) is 44.3 Å². The zero-order chi connectivity index (χ0) is 17.3. The summed E-state index contributed by atoms with van der Waals surface area (Å²) in [5.74, 6) is -0.143. The zero-order valence-electron chi connectivity index (χ0n) is 14.2. The van der Waals surface area contributed by atoms with Crippen LogP contribution in [0.1, 0.15) is 22.5 Å². The van der Waals surface area contributed by atoms with Crippen LogP contribution >= 0.6 is 11.3 Å². The van der Waals surface area contributed by atoms with E-state index in [-0.39, 0.29) is 12.3 Å². The first-order valence-electron chi connectivity index (χ1n) is 7.67. The average molecular weight is 344 g/mol. The van der Waals surface area contributed by atoms with Crippen LogP contribution in [0.2, 0.25) is 0 Å². The molecule has 24 heavy (non-hydrogen) atoms. The number of hydrogen-bond donors (Lipinski definition) is 1. The van der Waals surface area contributed by atoms with Crippen molar-refractivity contribution in [3.63, 3.8) is 0 Å². The Balaban J connectivity index is 1.72. The summed E-state index contributed by atoms with van der Waals surface area (Å²) in [6.07, 6.45) is 0.166. The molecule has 1 amide bonds. The second-order valence-electron chi connectivity index (χ2n) is 6.19. The van der Waals surface area contributed by atoms with E-state index in [0.29, 0.717) is 10.8 Å². The highest BCUT2D eigenvalue weighted by atomic mass is 32.1. The lowest BCUT2D eigenvalue weighted by molar-refractivity contribution is -0.115. The molecule has 0 aliphatic rings. The number of rotatable bonds is 5. The van der Waals surface area contributed by atoms with Crippen molar-refractivity contribution in [3.8, 4) is 0 Å². The van der Waals surface area contributed by atoms with Gasteiger partial charge in [-0.05, 0) is 45.1 Å². The van der Waals surface area contributed by atoms with Crippen molar-refractivity contribution >= 4 is 33.3 Å². The summed E-state index contributed by atoms with van der Waals surface area (Å²) in [5, 5.41) is 10.4. The molecule has 2 heterocycles. The third kappa shape index (κ3) is 3.63. The maximum absolute atomic E-state index is 12.3. The lowest BCUT2D eigenvalue weighted by atomic mass is 10.0. The normalized spacial score (nSPS) is 11.4. The molecule has 0 fully saturated rings. The van der Waals surface area contributed by atoms with Gasteiger partial charge in [0.05, 0.1) is 12.1 Å². The molecule has 7 heteroatoms. The number of carbonyl (C=O) groups excluding carboxylic acids is 1. The third-order valence-electron chi connectivity index (χ3n) is 3.59. The fourth-order valence-corrected chi connectivity index (χ4v) is 3.44. The molecule has 6 nitrogen and oxygen atoms in total. The Kier molecular flexibility index (Phi) is 4.64. The summed E-state index contributed by atoms with van der Waals surface area (Å²) in [6.45, 7) is 4.76. The van der Waals surface area contributed by atoms with Crippen LogP contribution in [0.5, 0.6) is 0 Å². The van der Waals surface area contributed by atoms with Crippen LogP contribution in [0, 0.1) is 13.8 Å². The van der Waals surface area contributed by atoms with E-state index in [9.17, 15) is 4.79 Å². The summed E-state index contributed by atoms with van der Waals surface area (Å²) in [5.41, 5.74) is 4.50. The number of carbonyl (C=O) groups is 1. The monoisotopic (exact) mass is 344 g/mol. The molecule has 0 spiro atoms. The van der Waals surface area contributed by atoms with Gasteiger partial charge in [0, 0.05) is 17.3 Å². The maximum atomic E-state index is 12.3. The minimum absolute atomic E-state index is 0.143. The first-order valence-corrected chi connectivity index (χ1v) is 8.55. The van der Waals surface area contributed by atoms with Crippen molar-refractivity contribution < 1.29 is 9.32 Å². The van der Waals surface area contributed by atoms with E-state index in [1.54, 1.807) is 0 Å². The zero-order valence-corrected chi connectivity index (χ0v) is 15.0. The molecule has 3 rings (SSSR count). The highest BCUT2D eigenvalue weighted by Gasteiger charge is 2.16. The summed E-state index contributed by atoms with van der Waals surface area (Å²) in [7, 11) is 3.97. The molecule has 0 aliphatic carbocycles. The molecule has 0 saturated carbocycles. The van der Waals surface area contributed by atoms with Gasteiger partial charge in [-0.25, -0.2) is 4.98 Å². The van der Waals surface area contributed by atoms with E-state index in [2.05, 4.69) is 21.5 Å². The quantitative estimate of drug-likeness (QED) is 0.770. The fraction of sp³-hybridized carbons (Fsp3) is 0.353. The van der Waals surface area contributed by atoms with Crippen LogP contribution < -0.4 is 5.32 Å². The molecule has 1 N–H and O–H groups in total. The van der Waals surface area contributed by atoms with Crippen LogP contribution in [-0.2, 0) is 17.8 Å². The van der Waals surface area contributed by atoms with Crippen LogP contribution in [-0.4, -0.2) is 35.0 Å². The van der Waals surface area contributed by atoms with Crippen LogP contribution in [0.4, 0.5) is 5.13 Å². The minimum Gasteiger partial charge on any atom is -0.356 e. The number of aryl methyl sites for hydroxylation is 2. The summed E-state index contributed by atoms with van der Waals surface area (Å²) >= 11 is 1.43. The van der Waals surface area contributed by atoms with Crippen LogP contribution in [0.15, 0.2) is 22.0 Å². The predicted molar refractivity (Wildman–Crippen MR) is 95.3 cm³/mol. The molecule has 0 bridgehead atoms. The fourth-order valence-electron chi connectivity index (χ4n) is 2.72. The molecule has 0 aliphatic heterocycles. The topological polar surface area (TPSA) is 71.3 Å². The van der Waals surface area contributed by atoms with Crippen molar-refractivity contribution in [2.45, 2.75) is 26.8 Å². The van der Waals surface area contributed by atoms with Crippen molar-refractivity contribution in [1.29, 1.82) is 0 Å². The molecule has 1 aromatic carbocycles. The first kappa shape index (κ1) is 16.6. The Morgan fingerprint density at radius 1 is 1.33 bits per heavy atom. The minimum atomic E-state index is -0.143. The van der Waals surface area contributed by atoms with E-state index in [4.69, 9.17) is 4.52 Å². The Bertz CT molecular complexity index is 882. The molecule has 2 aromatic heterocycles. The lowest BCUT2D eigenvalue weighted by Crippen LogP contribution is -2.15. The standard InChI is InChI=1S/C17H20N4O2S/c1-10-5-11(2)16-13(20-23-14(16)6-10)7-15(22)19-17-18-12(9-24-17)8-21(3)4/h5-6,9H,7-8H2,1-4H3,(H,18,19,22). The first-order chi connectivity index (χ1) is 11.4. The van der Waals surface area contributed by atoms with Gasteiger partial charge in [0.2, 0.25) is 5.91 Å². The van der Waals surface area contributed by atoms with Crippen molar-refractivity contribution in [2.75, 3.05) is 19.4 Å². The van der Waals surface area contributed by atoms with Crippen molar-refractivity contribution in [2.24, 2.45) is 0 Å². The Hall–Kier alpha value is -2.25. The van der Waals surface area contributed by atoms with Crippen molar-refractivity contribution in [3.05, 3.63) is 40.0 Å². The average Bonchev–Trinajstić information content (AvgIpc) is 3.05. The number of fused-ring (bicyclic) bond motifs is 1. The molecule has 0 radical (unpaired) electrons. The van der Waals surface area contributed by atoms with E-state index in [0.717, 1.165) is 34.3 Å². The van der Waals surface area contributed by atoms with Gasteiger partial charge in [0.15, 0.2) is 10.7 Å². The lowest BCUT2D eigenvalue weighted by Gasteiger charge is -2.05.